The average Bonchev–Trinajstić information content (AvgIpc) is 3.27. The number of hydrogen-bond acceptors (Lipinski definition) is 4. The van der Waals surface area contributed by atoms with Crippen molar-refractivity contribution in [2.45, 2.75) is 39.2 Å². The van der Waals surface area contributed by atoms with Crippen LogP contribution < -0.4 is 4.90 Å². The van der Waals surface area contributed by atoms with Gasteiger partial charge in [0.2, 0.25) is 0 Å². The lowest BCUT2D eigenvalue weighted by atomic mass is 9.90. The van der Waals surface area contributed by atoms with Crippen LogP contribution in [0.1, 0.15) is 30.7 Å². The maximum atomic E-state index is 4.77. The lowest BCUT2D eigenvalue weighted by molar-refractivity contribution is 0.173. The van der Waals surface area contributed by atoms with Crippen LogP contribution in [0.25, 0.3) is 5.69 Å². The molecule has 0 radical (unpaired) electrons. The summed E-state index contributed by atoms with van der Waals surface area (Å²) >= 11 is 0. The second kappa shape index (κ2) is 5.84. The molecule has 3 fully saturated rings. The van der Waals surface area contributed by atoms with Crippen LogP contribution >= 0.6 is 0 Å². The smallest absolute Gasteiger partial charge is 0.128 e. The van der Waals surface area contributed by atoms with E-state index in [0.29, 0.717) is 0 Å². The van der Waals surface area contributed by atoms with Crippen LogP contribution in [0.4, 0.5) is 5.82 Å². The zero-order valence-electron chi connectivity index (χ0n) is 15.2. The standard InChI is InChI=1S/C20H27N5/c1-14-9-15(2)25(22-14)17-6-7-20(21-10-17)24-12-16-11-23-8-4-3-5-19(23)18(16)13-24/h6-7,9-10,16,18-19H,3-5,8,11-13H2,1-2H3/t16-,18-,19+/m0/s1. The minimum absolute atomic E-state index is 0.831. The molecule has 0 N–H and O–H groups in total. The van der Waals surface area contributed by atoms with E-state index >= 15 is 0 Å². The predicted octanol–water partition coefficient (Wildman–Crippen LogP) is 2.80. The van der Waals surface area contributed by atoms with Crippen LogP contribution in [0.15, 0.2) is 24.4 Å². The minimum Gasteiger partial charge on any atom is -0.356 e. The highest BCUT2D eigenvalue weighted by Crippen LogP contribution is 2.41. The van der Waals surface area contributed by atoms with Gasteiger partial charge in [0.05, 0.1) is 17.6 Å². The number of aryl methyl sites for hydroxylation is 2. The van der Waals surface area contributed by atoms with Crippen LogP contribution in [0, 0.1) is 25.7 Å². The lowest BCUT2D eigenvalue weighted by Gasteiger charge is -2.33. The van der Waals surface area contributed by atoms with E-state index in [2.05, 4.69) is 40.0 Å². The Hall–Kier alpha value is -1.88. The van der Waals surface area contributed by atoms with Crippen LogP contribution in [-0.2, 0) is 0 Å². The summed E-state index contributed by atoms with van der Waals surface area (Å²) in [5.41, 5.74) is 3.25. The summed E-state index contributed by atoms with van der Waals surface area (Å²) in [4.78, 5) is 10.0. The molecule has 2 aromatic rings. The van der Waals surface area contributed by atoms with Crippen molar-refractivity contribution >= 4 is 5.82 Å². The SMILES string of the molecule is Cc1cc(C)n(-c2ccc(N3C[C@@H]4CN5CCCC[C@@H]5[C@H]4C3)nc2)n1. The third-order valence-corrected chi connectivity index (χ3v) is 6.43. The summed E-state index contributed by atoms with van der Waals surface area (Å²) in [6.45, 7) is 9.10. The van der Waals surface area contributed by atoms with Crippen molar-refractivity contribution in [2.24, 2.45) is 11.8 Å². The fourth-order valence-corrected chi connectivity index (χ4v) is 5.32. The molecule has 3 aliphatic heterocycles. The first-order valence-electron chi connectivity index (χ1n) is 9.68. The number of piperidine rings is 1. The third kappa shape index (κ3) is 2.56. The van der Waals surface area contributed by atoms with Gasteiger partial charge in [-0.3, -0.25) is 4.90 Å². The Balaban J connectivity index is 1.33. The summed E-state index contributed by atoms with van der Waals surface area (Å²) in [6, 6.07) is 7.26. The molecule has 2 aromatic heterocycles. The van der Waals surface area contributed by atoms with Crippen molar-refractivity contribution in [3.8, 4) is 5.69 Å². The van der Waals surface area contributed by atoms with Gasteiger partial charge in [-0.15, -0.1) is 0 Å². The van der Waals surface area contributed by atoms with Crippen LogP contribution in [0.3, 0.4) is 0 Å². The van der Waals surface area contributed by atoms with Crippen LogP contribution in [-0.4, -0.2) is 51.9 Å². The van der Waals surface area contributed by atoms with Crippen molar-refractivity contribution in [1.82, 2.24) is 19.7 Å². The molecule has 0 saturated carbocycles. The summed E-state index contributed by atoms with van der Waals surface area (Å²) in [5.74, 6) is 2.81. The van der Waals surface area contributed by atoms with Crippen molar-refractivity contribution in [1.29, 1.82) is 0 Å². The molecule has 3 saturated heterocycles. The molecule has 0 bridgehead atoms. The molecule has 0 amide bonds. The topological polar surface area (TPSA) is 37.2 Å². The molecular formula is C20H27N5. The van der Waals surface area contributed by atoms with Crippen molar-refractivity contribution in [2.75, 3.05) is 31.1 Å². The maximum absolute atomic E-state index is 4.77. The third-order valence-electron chi connectivity index (χ3n) is 6.43. The van der Waals surface area contributed by atoms with E-state index in [0.717, 1.165) is 40.8 Å². The van der Waals surface area contributed by atoms with Gasteiger partial charge in [-0.05, 0) is 63.3 Å². The molecule has 25 heavy (non-hydrogen) atoms. The molecule has 0 unspecified atom stereocenters. The van der Waals surface area contributed by atoms with Gasteiger partial charge in [0.15, 0.2) is 0 Å². The molecule has 0 aromatic carbocycles. The molecule has 0 spiro atoms. The Morgan fingerprint density at radius 1 is 1.08 bits per heavy atom. The van der Waals surface area contributed by atoms with E-state index in [9.17, 15) is 0 Å². The van der Waals surface area contributed by atoms with E-state index in [1.165, 1.54) is 45.4 Å². The first kappa shape index (κ1) is 15.4. The van der Waals surface area contributed by atoms with Crippen molar-refractivity contribution in [3.05, 3.63) is 35.8 Å². The number of rotatable bonds is 2. The Kier molecular flexibility index (Phi) is 3.59. The number of hydrogen-bond donors (Lipinski definition) is 0. The number of fused-ring (bicyclic) bond motifs is 3. The summed E-state index contributed by atoms with van der Waals surface area (Å²) in [7, 11) is 0. The average molecular weight is 337 g/mol. The Morgan fingerprint density at radius 2 is 2.00 bits per heavy atom. The molecule has 3 aliphatic rings. The fraction of sp³-hybridized carbons (Fsp3) is 0.600. The minimum atomic E-state index is 0.831. The van der Waals surface area contributed by atoms with Gasteiger partial charge in [0.25, 0.3) is 0 Å². The molecule has 3 atom stereocenters. The van der Waals surface area contributed by atoms with Crippen LogP contribution in [0.2, 0.25) is 0 Å². The molecule has 5 heteroatoms. The first-order chi connectivity index (χ1) is 12.2. The van der Waals surface area contributed by atoms with Crippen LogP contribution in [0.5, 0.6) is 0 Å². The Bertz CT molecular complexity index is 765. The second-order valence-electron chi connectivity index (χ2n) is 8.10. The van der Waals surface area contributed by atoms with Gasteiger partial charge in [-0.1, -0.05) is 6.42 Å². The van der Waals surface area contributed by atoms with E-state index in [1.54, 1.807) is 0 Å². The Labute approximate surface area is 149 Å². The van der Waals surface area contributed by atoms with Gasteiger partial charge in [-0.2, -0.15) is 5.10 Å². The monoisotopic (exact) mass is 337 g/mol. The number of anilines is 1. The first-order valence-corrected chi connectivity index (χ1v) is 9.68. The summed E-state index contributed by atoms with van der Waals surface area (Å²) in [6.07, 6.45) is 6.18. The summed E-state index contributed by atoms with van der Waals surface area (Å²) < 4.78 is 1.98. The van der Waals surface area contributed by atoms with Gasteiger partial charge in [-0.25, -0.2) is 9.67 Å². The number of pyridine rings is 1. The quantitative estimate of drug-likeness (QED) is 0.844. The zero-order chi connectivity index (χ0) is 17.0. The number of aromatic nitrogens is 3. The maximum Gasteiger partial charge on any atom is 0.128 e. The molecule has 5 rings (SSSR count). The molecule has 0 aliphatic carbocycles. The largest absolute Gasteiger partial charge is 0.356 e. The summed E-state index contributed by atoms with van der Waals surface area (Å²) in [5, 5.41) is 4.56. The molecular weight excluding hydrogens is 310 g/mol. The van der Waals surface area contributed by atoms with Gasteiger partial charge in [0.1, 0.15) is 5.82 Å². The highest BCUT2D eigenvalue weighted by molar-refractivity contribution is 5.45. The van der Waals surface area contributed by atoms with Crippen molar-refractivity contribution in [3.63, 3.8) is 0 Å². The Morgan fingerprint density at radius 3 is 2.76 bits per heavy atom. The number of nitrogens with zero attached hydrogens (tertiary/aromatic N) is 5. The van der Waals surface area contributed by atoms with Gasteiger partial charge >= 0.3 is 0 Å². The zero-order valence-corrected chi connectivity index (χ0v) is 15.2. The predicted molar refractivity (Wildman–Crippen MR) is 99.2 cm³/mol. The lowest BCUT2D eigenvalue weighted by Crippen LogP contribution is -2.40. The van der Waals surface area contributed by atoms with E-state index in [-0.39, 0.29) is 0 Å². The highest BCUT2D eigenvalue weighted by Gasteiger charge is 2.47. The highest BCUT2D eigenvalue weighted by atomic mass is 15.3. The second-order valence-corrected chi connectivity index (χ2v) is 8.10. The van der Waals surface area contributed by atoms with E-state index in [4.69, 9.17) is 4.98 Å². The fourth-order valence-electron chi connectivity index (χ4n) is 5.32. The molecule has 5 nitrogen and oxygen atoms in total. The van der Waals surface area contributed by atoms with Gasteiger partial charge in [0, 0.05) is 31.4 Å². The van der Waals surface area contributed by atoms with Crippen molar-refractivity contribution < 1.29 is 0 Å². The molecule has 132 valence electrons. The van der Waals surface area contributed by atoms with E-state index in [1.807, 2.05) is 17.8 Å². The van der Waals surface area contributed by atoms with Gasteiger partial charge < -0.3 is 4.90 Å². The van der Waals surface area contributed by atoms with E-state index < -0.39 is 0 Å². The molecule has 5 heterocycles. The normalized spacial score (nSPS) is 29.0.